The van der Waals surface area contributed by atoms with Gasteiger partial charge in [0.05, 0.1) is 31.0 Å². The molecule has 4 aliphatic heterocycles. The average molecular weight is 783 g/mol. The third-order valence-corrected chi connectivity index (χ3v) is 18.0. The van der Waals surface area contributed by atoms with E-state index in [1.807, 2.05) is 0 Å². The first kappa shape index (κ1) is 39.9. The lowest BCUT2D eigenvalue weighted by Crippen LogP contribution is -2.64. The van der Waals surface area contributed by atoms with Crippen LogP contribution in [0.25, 0.3) is 0 Å². The first-order chi connectivity index (χ1) is 25.6. The van der Waals surface area contributed by atoms with E-state index in [1.165, 1.54) is 0 Å². The molecule has 22 atom stereocenters. The lowest BCUT2D eigenvalue weighted by Gasteiger charge is -2.64. The predicted octanol–water partition coefficient (Wildman–Crippen LogP) is 0.946. The van der Waals surface area contributed by atoms with Crippen LogP contribution >= 0.6 is 0 Å². The van der Waals surface area contributed by atoms with Crippen LogP contribution in [0, 0.1) is 50.7 Å². The van der Waals surface area contributed by atoms with Gasteiger partial charge in [-0.2, -0.15) is 0 Å². The predicted molar refractivity (Wildman–Crippen MR) is 191 cm³/mol. The van der Waals surface area contributed by atoms with Crippen LogP contribution in [-0.4, -0.2) is 145 Å². The summed E-state index contributed by atoms with van der Waals surface area (Å²) < 4.78 is 39.6. The Hall–Kier alpha value is -0.560. The zero-order valence-corrected chi connectivity index (χ0v) is 33.4. The summed E-state index contributed by atoms with van der Waals surface area (Å²) in [5, 5.41) is 85.7. The van der Waals surface area contributed by atoms with Gasteiger partial charge in [0.15, 0.2) is 18.4 Å². The van der Waals surface area contributed by atoms with E-state index in [-0.39, 0.29) is 58.2 Å². The number of rotatable bonds is 6. The molecule has 314 valence electrons. The van der Waals surface area contributed by atoms with E-state index in [1.54, 1.807) is 13.8 Å². The molecule has 8 N–H and O–H groups in total. The fourth-order valence-electron chi connectivity index (χ4n) is 15.5. The molecule has 0 aromatic heterocycles. The Labute approximate surface area is 323 Å². The molecule has 22 unspecified atom stereocenters. The Kier molecular flexibility index (Phi) is 9.06. The summed E-state index contributed by atoms with van der Waals surface area (Å²) >= 11 is 0. The van der Waals surface area contributed by atoms with E-state index < -0.39 is 90.9 Å². The molecule has 5 saturated carbocycles. The minimum atomic E-state index is -1.61. The molecule has 9 fully saturated rings. The first-order valence-electron chi connectivity index (χ1n) is 21.0. The van der Waals surface area contributed by atoms with Gasteiger partial charge in [-0.3, -0.25) is 0 Å². The minimum Gasteiger partial charge on any atom is -0.394 e. The van der Waals surface area contributed by atoms with Crippen LogP contribution in [0.2, 0.25) is 0 Å². The Morgan fingerprint density at radius 1 is 0.764 bits per heavy atom. The molecule has 9 aliphatic rings. The Bertz CT molecular complexity index is 1500. The summed E-state index contributed by atoms with van der Waals surface area (Å²) in [4.78, 5) is 0. The highest BCUT2D eigenvalue weighted by molar-refractivity contribution is 5.34. The van der Waals surface area contributed by atoms with Crippen LogP contribution in [0.4, 0.5) is 0 Å². The van der Waals surface area contributed by atoms with Gasteiger partial charge >= 0.3 is 0 Å². The van der Waals surface area contributed by atoms with Gasteiger partial charge in [0.2, 0.25) is 0 Å². The van der Waals surface area contributed by atoms with Crippen LogP contribution < -0.4 is 0 Å². The summed E-state index contributed by atoms with van der Waals surface area (Å²) in [6, 6.07) is 0. The quantitative estimate of drug-likeness (QED) is 0.176. The SMILES string of the molecule is CC1CC2OC3(OC2C(C)(C)O)C1C1(C)CCC24CC25CCC(OC2OCC(O)C(O)C2O)C(C)(C)C5CCC4C1(C)C3OC1OC(CO)C(O)C(O)C1O. The second-order valence-corrected chi connectivity index (χ2v) is 21.1. The molecule has 55 heavy (non-hydrogen) atoms. The van der Waals surface area contributed by atoms with Crippen molar-refractivity contribution in [2.75, 3.05) is 13.2 Å². The zero-order chi connectivity index (χ0) is 39.6. The fourth-order valence-corrected chi connectivity index (χ4v) is 15.5. The van der Waals surface area contributed by atoms with Crippen molar-refractivity contribution >= 4 is 0 Å². The van der Waals surface area contributed by atoms with Crippen molar-refractivity contribution in [3.8, 4) is 0 Å². The smallest absolute Gasteiger partial charge is 0.199 e. The van der Waals surface area contributed by atoms with Crippen LogP contribution in [0.3, 0.4) is 0 Å². The minimum absolute atomic E-state index is 0.0222. The summed E-state index contributed by atoms with van der Waals surface area (Å²) in [5.74, 6) is -0.778. The monoisotopic (exact) mass is 782 g/mol. The van der Waals surface area contributed by atoms with Crippen molar-refractivity contribution in [2.45, 2.75) is 191 Å². The Morgan fingerprint density at radius 3 is 2.13 bits per heavy atom. The van der Waals surface area contributed by atoms with Crippen molar-refractivity contribution in [1.82, 2.24) is 0 Å². The van der Waals surface area contributed by atoms with Gasteiger partial charge in [-0.15, -0.1) is 0 Å². The summed E-state index contributed by atoms with van der Waals surface area (Å²) in [6.45, 7) is 14.3. The standard InChI is InChI=1S/C41H66O14/c1-18-14-20-31(36(4,5)49)55-41(54-20)30(18)37(6)12-13-40-17-39(40)11-10-24(52-32-28(47)25(44)19(43)16-50-32)35(2,3)22(39)8-9-23(40)38(37,7)34(41)53-33-29(48)27(46)26(45)21(15-42)51-33/h18-34,42-49H,8-17H2,1-7H3. The first-order valence-corrected chi connectivity index (χ1v) is 21.0. The maximum absolute atomic E-state index is 11.5. The number of hydrogen-bond donors (Lipinski definition) is 8. The third-order valence-electron chi connectivity index (χ3n) is 18.0. The molecule has 4 heterocycles. The van der Waals surface area contributed by atoms with Crippen molar-refractivity contribution in [2.24, 2.45) is 50.7 Å². The second-order valence-electron chi connectivity index (χ2n) is 21.1. The average Bonchev–Trinajstić information content (AvgIpc) is 3.63. The molecule has 2 bridgehead atoms. The number of fused-ring (bicyclic) bond motifs is 4. The molecule has 0 amide bonds. The molecule has 14 heteroatoms. The Morgan fingerprint density at radius 2 is 1.44 bits per heavy atom. The fraction of sp³-hybridized carbons (Fsp3) is 1.00. The highest BCUT2D eigenvalue weighted by Crippen LogP contribution is 2.90. The van der Waals surface area contributed by atoms with Crippen molar-refractivity contribution < 1.29 is 69.3 Å². The Balaban J connectivity index is 1.08. The van der Waals surface area contributed by atoms with Gasteiger partial charge in [0.25, 0.3) is 0 Å². The normalized spacial score (nSPS) is 60.6. The molecule has 14 nitrogen and oxygen atoms in total. The van der Waals surface area contributed by atoms with Gasteiger partial charge in [-0.05, 0) is 105 Å². The molecule has 5 aliphatic carbocycles. The van der Waals surface area contributed by atoms with Gasteiger partial charge in [-0.1, -0.05) is 34.6 Å². The maximum Gasteiger partial charge on any atom is 0.199 e. The molecular formula is C41H66O14. The topological polar surface area (TPSA) is 217 Å². The molecular weight excluding hydrogens is 716 g/mol. The van der Waals surface area contributed by atoms with Crippen LogP contribution in [-0.2, 0) is 28.4 Å². The van der Waals surface area contributed by atoms with Crippen LogP contribution in [0.15, 0.2) is 0 Å². The summed E-state index contributed by atoms with van der Waals surface area (Å²) in [7, 11) is 0. The zero-order valence-electron chi connectivity index (χ0n) is 33.4. The van der Waals surface area contributed by atoms with Crippen molar-refractivity contribution in [3.63, 3.8) is 0 Å². The largest absolute Gasteiger partial charge is 0.394 e. The molecule has 0 aromatic carbocycles. The van der Waals surface area contributed by atoms with E-state index in [0.29, 0.717) is 12.3 Å². The molecule has 3 spiro atoms. The van der Waals surface area contributed by atoms with Gasteiger partial charge in [0.1, 0.15) is 54.9 Å². The number of hydrogen-bond acceptors (Lipinski definition) is 14. The van der Waals surface area contributed by atoms with E-state index in [9.17, 15) is 40.9 Å². The van der Waals surface area contributed by atoms with Crippen molar-refractivity contribution in [3.05, 3.63) is 0 Å². The number of ether oxygens (including phenoxy) is 6. The van der Waals surface area contributed by atoms with Crippen LogP contribution in [0.1, 0.15) is 99.8 Å². The third kappa shape index (κ3) is 4.98. The highest BCUT2D eigenvalue weighted by Gasteiger charge is 2.89. The molecule has 0 aromatic rings. The number of aliphatic hydroxyl groups excluding tert-OH is 7. The molecule has 9 rings (SSSR count). The molecule has 4 saturated heterocycles. The van der Waals surface area contributed by atoms with E-state index in [4.69, 9.17) is 28.4 Å². The van der Waals surface area contributed by atoms with Gasteiger partial charge in [0, 0.05) is 11.3 Å². The lowest BCUT2D eigenvalue weighted by atomic mass is 9.41. The lowest BCUT2D eigenvalue weighted by molar-refractivity contribution is -0.362. The van der Waals surface area contributed by atoms with Gasteiger partial charge < -0.3 is 69.3 Å². The molecule has 0 radical (unpaired) electrons. The van der Waals surface area contributed by atoms with Crippen LogP contribution in [0.5, 0.6) is 0 Å². The summed E-state index contributed by atoms with van der Waals surface area (Å²) in [5.41, 5.74) is -2.43. The highest BCUT2D eigenvalue weighted by atomic mass is 16.8. The van der Waals surface area contributed by atoms with E-state index in [2.05, 4.69) is 34.6 Å². The number of aliphatic hydroxyl groups is 8. The van der Waals surface area contributed by atoms with Gasteiger partial charge in [-0.25, -0.2) is 0 Å². The van der Waals surface area contributed by atoms with Crippen molar-refractivity contribution in [1.29, 1.82) is 0 Å². The van der Waals surface area contributed by atoms with E-state index in [0.717, 1.165) is 44.9 Å². The maximum atomic E-state index is 11.5. The second kappa shape index (κ2) is 12.5. The van der Waals surface area contributed by atoms with E-state index >= 15 is 0 Å². The summed E-state index contributed by atoms with van der Waals surface area (Å²) in [6.07, 6.45) is -6.96.